The topological polar surface area (TPSA) is 49.9 Å². The first-order valence-corrected chi connectivity index (χ1v) is 8.04. The maximum atomic E-state index is 13.1. The van der Waals surface area contributed by atoms with Gasteiger partial charge >= 0.3 is 0 Å². The third-order valence-electron chi connectivity index (χ3n) is 4.39. The SMILES string of the molecule is COc1ccccc1C(=O)N1CCN(c2ccc(F)cc2)C(=O)[C@@H]1C. The predicted molar refractivity (Wildman–Crippen MR) is 92.2 cm³/mol. The van der Waals surface area contributed by atoms with Gasteiger partial charge in [-0.05, 0) is 43.3 Å². The summed E-state index contributed by atoms with van der Waals surface area (Å²) in [6.45, 7) is 2.45. The molecule has 0 aliphatic carbocycles. The van der Waals surface area contributed by atoms with E-state index in [4.69, 9.17) is 4.74 Å². The molecule has 0 aromatic heterocycles. The van der Waals surface area contributed by atoms with Gasteiger partial charge in [-0.1, -0.05) is 12.1 Å². The van der Waals surface area contributed by atoms with E-state index >= 15 is 0 Å². The van der Waals surface area contributed by atoms with E-state index in [0.717, 1.165) is 0 Å². The zero-order valence-electron chi connectivity index (χ0n) is 14.1. The van der Waals surface area contributed by atoms with Crippen molar-refractivity contribution in [2.45, 2.75) is 13.0 Å². The highest BCUT2D eigenvalue weighted by Crippen LogP contribution is 2.25. The maximum Gasteiger partial charge on any atom is 0.258 e. The summed E-state index contributed by atoms with van der Waals surface area (Å²) in [7, 11) is 1.51. The number of amides is 2. The summed E-state index contributed by atoms with van der Waals surface area (Å²) in [5.74, 6) is -0.305. The van der Waals surface area contributed by atoms with Crippen molar-refractivity contribution in [2.24, 2.45) is 0 Å². The molecule has 2 amide bonds. The highest BCUT2D eigenvalue weighted by atomic mass is 19.1. The quantitative estimate of drug-likeness (QED) is 0.862. The van der Waals surface area contributed by atoms with E-state index in [9.17, 15) is 14.0 Å². The molecule has 1 heterocycles. The number of methoxy groups -OCH3 is 1. The summed E-state index contributed by atoms with van der Waals surface area (Å²) in [6, 6.07) is 12.1. The van der Waals surface area contributed by atoms with Gasteiger partial charge in [-0.2, -0.15) is 0 Å². The number of halogens is 1. The van der Waals surface area contributed by atoms with Gasteiger partial charge in [-0.15, -0.1) is 0 Å². The minimum Gasteiger partial charge on any atom is -0.496 e. The first-order chi connectivity index (χ1) is 12.0. The van der Waals surface area contributed by atoms with Gasteiger partial charge < -0.3 is 14.5 Å². The number of anilines is 1. The molecule has 0 radical (unpaired) electrons. The number of para-hydroxylation sites is 1. The zero-order valence-corrected chi connectivity index (χ0v) is 14.1. The molecule has 6 heteroatoms. The van der Waals surface area contributed by atoms with E-state index in [1.165, 1.54) is 19.2 Å². The molecular formula is C19H19FN2O3. The second-order valence-electron chi connectivity index (χ2n) is 5.84. The molecule has 1 fully saturated rings. The van der Waals surface area contributed by atoms with Crippen LogP contribution in [0.5, 0.6) is 5.75 Å². The van der Waals surface area contributed by atoms with Crippen LogP contribution >= 0.6 is 0 Å². The van der Waals surface area contributed by atoms with Crippen molar-refractivity contribution in [3.05, 3.63) is 59.9 Å². The van der Waals surface area contributed by atoms with Crippen LogP contribution in [-0.2, 0) is 4.79 Å². The van der Waals surface area contributed by atoms with E-state index in [1.54, 1.807) is 53.1 Å². The molecule has 1 saturated heterocycles. The summed E-state index contributed by atoms with van der Waals surface area (Å²) in [6.07, 6.45) is 0. The Morgan fingerprint density at radius 2 is 1.80 bits per heavy atom. The molecule has 25 heavy (non-hydrogen) atoms. The van der Waals surface area contributed by atoms with E-state index in [0.29, 0.717) is 30.1 Å². The highest BCUT2D eigenvalue weighted by Gasteiger charge is 2.36. The third kappa shape index (κ3) is 3.20. The Bertz CT molecular complexity index is 792. The highest BCUT2D eigenvalue weighted by molar-refractivity contribution is 6.04. The normalized spacial score (nSPS) is 17.6. The van der Waals surface area contributed by atoms with Gasteiger partial charge in [0, 0.05) is 18.8 Å². The number of benzene rings is 2. The molecule has 0 N–H and O–H groups in total. The molecule has 0 bridgehead atoms. The average Bonchev–Trinajstić information content (AvgIpc) is 2.64. The average molecular weight is 342 g/mol. The Kier molecular flexibility index (Phi) is 4.70. The molecular weight excluding hydrogens is 323 g/mol. The number of hydrogen-bond acceptors (Lipinski definition) is 3. The minimum absolute atomic E-state index is 0.193. The molecule has 1 aliphatic heterocycles. The maximum absolute atomic E-state index is 13.1. The standard InChI is InChI=1S/C19H19FN2O3/c1-13-18(23)22(15-9-7-14(20)8-10-15)12-11-21(13)19(24)16-5-3-4-6-17(16)25-2/h3-10,13H,11-12H2,1-2H3/t13-/m0/s1. The number of carbonyl (C=O) groups is 2. The minimum atomic E-state index is -0.615. The lowest BCUT2D eigenvalue weighted by molar-refractivity contribution is -0.124. The van der Waals surface area contributed by atoms with E-state index in [1.807, 2.05) is 0 Å². The molecule has 1 atom stereocenters. The third-order valence-corrected chi connectivity index (χ3v) is 4.39. The number of carbonyl (C=O) groups excluding carboxylic acids is 2. The Morgan fingerprint density at radius 1 is 1.12 bits per heavy atom. The van der Waals surface area contributed by atoms with Crippen molar-refractivity contribution in [3.8, 4) is 5.75 Å². The van der Waals surface area contributed by atoms with E-state index < -0.39 is 6.04 Å². The van der Waals surface area contributed by atoms with Gasteiger partial charge in [0.1, 0.15) is 17.6 Å². The lowest BCUT2D eigenvalue weighted by atomic mass is 10.1. The number of piperazine rings is 1. The molecule has 5 nitrogen and oxygen atoms in total. The van der Waals surface area contributed by atoms with Crippen LogP contribution in [-0.4, -0.2) is 43.0 Å². The lowest BCUT2D eigenvalue weighted by Crippen LogP contribution is -2.57. The van der Waals surface area contributed by atoms with Gasteiger partial charge in [-0.25, -0.2) is 4.39 Å². The first kappa shape index (κ1) is 17.0. The monoisotopic (exact) mass is 342 g/mol. The Morgan fingerprint density at radius 3 is 2.48 bits per heavy atom. The van der Waals surface area contributed by atoms with Crippen LogP contribution in [0.1, 0.15) is 17.3 Å². The second kappa shape index (κ2) is 6.93. The summed E-state index contributed by atoms with van der Waals surface area (Å²) in [5, 5.41) is 0. The number of rotatable bonds is 3. The Balaban J connectivity index is 1.81. The van der Waals surface area contributed by atoms with Crippen molar-refractivity contribution in [3.63, 3.8) is 0 Å². The second-order valence-corrected chi connectivity index (χ2v) is 5.84. The molecule has 2 aromatic rings. The lowest BCUT2D eigenvalue weighted by Gasteiger charge is -2.39. The predicted octanol–water partition coefficient (Wildman–Crippen LogP) is 2.71. The fourth-order valence-electron chi connectivity index (χ4n) is 3.00. The number of ether oxygens (including phenoxy) is 1. The van der Waals surface area contributed by atoms with Gasteiger partial charge in [0.05, 0.1) is 12.7 Å². The smallest absolute Gasteiger partial charge is 0.258 e. The first-order valence-electron chi connectivity index (χ1n) is 8.04. The molecule has 0 spiro atoms. The van der Waals surface area contributed by atoms with Gasteiger partial charge in [0.2, 0.25) is 5.91 Å². The molecule has 2 aromatic carbocycles. The fourth-order valence-corrected chi connectivity index (χ4v) is 3.00. The van der Waals surface area contributed by atoms with E-state index in [2.05, 4.69) is 0 Å². The van der Waals surface area contributed by atoms with Crippen molar-refractivity contribution in [1.29, 1.82) is 0 Å². The van der Waals surface area contributed by atoms with Crippen molar-refractivity contribution >= 4 is 17.5 Å². The summed E-state index contributed by atoms with van der Waals surface area (Å²) >= 11 is 0. The van der Waals surface area contributed by atoms with Crippen LogP contribution in [0.25, 0.3) is 0 Å². The van der Waals surface area contributed by atoms with Crippen molar-refractivity contribution in [1.82, 2.24) is 4.90 Å². The van der Waals surface area contributed by atoms with Gasteiger partial charge in [0.15, 0.2) is 0 Å². The number of hydrogen-bond donors (Lipinski definition) is 0. The largest absolute Gasteiger partial charge is 0.496 e. The van der Waals surface area contributed by atoms with Crippen LogP contribution < -0.4 is 9.64 Å². The molecule has 0 unspecified atom stereocenters. The van der Waals surface area contributed by atoms with Crippen molar-refractivity contribution < 1.29 is 18.7 Å². The van der Waals surface area contributed by atoms with Gasteiger partial charge in [-0.3, -0.25) is 9.59 Å². The van der Waals surface area contributed by atoms with Crippen molar-refractivity contribution in [2.75, 3.05) is 25.1 Å². The van der Waals surface area contributed by atoms with E-state index in [-0.39, 0.29) is 17.6 Å². The van der Waals surface area contributed by atoms with Gasteiger partial charge in [0.25, 0.3) is 5.91 Å². The molecule has 1 aliphatic rings. The molecule has 0 saturated carbocycles. The van der Waals surface area contributed by atoms with Crippen LogP contribution in [0.2, 0.25) is 0 Å². The summed E-state index contributed by atoms with van der Waals surface area (Å²) < 4.78 is 18.3. The number of nitrogens with zero attached hydrogens (tertiary/aromatic N) is 2. The molecule has 130 valence electrons. The van der Waals surface area contributed by atoms with Crippen LogP contribution in [0, 0.1) is 5.82 Å². The fraction of sp³-hybridized carbons (Fsp3) is 0.263. The summed E-state index contributed by atoms with van der Waals surface area (Å²) in [4.78, 5) is 28.7. The zero-order chi connectivity index (χ0) is 18.0. The molecule has 3 rings (SSSR count). The summed E-state index contributed by atoms with van der Waals surface area (Å²) in [5.41, 5.74) is 1.06. The Hall–Kier alpha value is -2.89. The van der Waals surface area contributed by atoms with Crippen LogP contribution in [0.4, 0.5) is 10.1 Å². The Labute approximate surface area is 145 Å². The van der Waals surface area contributed by atoms with Crippen LogP contribution in [0.3, 0.4) is 0 Å². The van der Waals surface area contributed by atoms with Crippen LogP contribution in [0.15, 0.2) is 48.5 Å².